The molecule has 126 valence electrons. The van der Waals surface area contributed by atoms with Crippen LogP contribution in [0.15, 0.2) is 0 Å². The fraction of sp³-hybridized carbons (Fsp3) is 0.765. The summed E-state index contributed by atoms with van der Waals surface area (Å²) in [5, 5.41) is 0. The molecular weight excluding hydrogens is 280 g/mol. The Hall–Kier alpha value is -1.20. The van der Waals surface area contributed by atoms with Gasteiger partial charge >= 0.3 is 0 Å². The lowest BCUT2D eigenvalue weighted by atomic mass is 9.85. The van der Waals surface area contributed by atoms with Crippen LogP contribution in [-0.2, 0) is 20.3 Å². The molecule has 0 aliphatic rings. The summed E-state index contributed by atoms with van der Waals surface area (Å²) in [6, 6.07) is 0. The Morgan fingerprint density at radius 3 is 1.77 bits per heavy atom. The zero-order chi connectivity index (χ0) is 17.0. The van der Waals surface area contributed by atoms with Crippen LogP contribution in [0.25, 0.3) is 0 Å². The zero-order valence-corrected chi connectivity index (χ0v) is 15.2. The molecular formula is C17H30N2O3. The van der Waals surface area contributed by atoms with Crippen LogP contribution in [0.4, 0.5) is 0 Å². The molecule has 0 aliphatic heterocycles. The molecule has 1 rings (SSSR count). The van der Waals surface area contributed by atoms with Gasteiger partial charge in [-0.15, -0.1) is 0 Å². The first-order valence-electron chi connectivity index (χ1n) is 7.66. The van der Waals surface area contributed by atoms with E-state index in [0.29, 0.717) is 13.2 Å². The summed E-state index contributed by atoms with van der Waals surface area (Å²) in [4.78, 5) is 9.23. The van der Waals surface area contributed by atoms with E-state index in [-0.39, 0.29) is 17.6 Å². The number of methoxy groups -OCH3 is 1. The van der Waals surface area contributed by atoms with Crippen LogP contribution in [0, 0.1) is 6.92 Å². The Morgan fingerprint density at radius 2 is 1.36 bits per heavy atom. The van der Waals surface area contributed by atoms with Gasteiger partial charge in [0.05, 0.1) is 24.6 Å². The van der Waals surface area contributed by atoms with Gasteiger partial charge in [0.1, 0.15) is 5.82 Å². The summed E-state index contributed by atoms with van der Waals surface area (Å²) in [6.07, 6.45) is 0. The van der Waals surface area contributed by atoms with Gasteiger partial charge in [-0.25, -0.2) is 9.97 Å². The first kappa shape index (κ1) is 18.8. The predicted molar refractivity (Wildman–Crippen MR) is 87.5 cm³/mol. The number of rotatable bonds is 6. The van der Waals surface area contributed by atoms with E-state index in [1.54, 1.807) is 7.11 Å². The van der Waals surface area contributed by atoms with Gasteiger partial charge in [0.25, 0.3) is 0 Å². The highest BCUT2D eigenvalue weighted by Gasteiger charge is 2.30. The molecule has 0 aliphatic carbocycles. The van der Waals surface area contributed by atoms with E-state index in [9.17, 15) is 0 Å². The van der Waals surface area contributed by atoms with E-state index in [1.165, 1.54) is 0 Å². The summed E-state index contributed by atoms with van der Waals surface area (Å²) in [6.45, 7) is 15.9. The number of aryl methyl sites for hydroxylation is 1. The molecule has 0 saturated carbocycles. The smallest absolute Gasteiger partial charge is 0.189 e. The molecule has 5 nitrogen and oxygen atoms in total. The number of aromatic nitrogens is 2. The second-order valence-electron chi connectivity index (χ2n) is 7.46. The molecule has 0 spiro atoms. The van der Waals surface area contributed by atoms with Gasteiger partial charge < -0.3 is 14.2 Å². The first-order valence-corrected chi connectivity index (χ1v) is 7.66. The Kier molecular flexibility index (Phi) is 6.32. The molecule has 22 heavy (non-hydrogen) atoms. The van der Waals surface area contributed by atoms with Crippen LogP contribution in [0.2, 0.25) is 0 Å². The van der Waals surface area contributed by atoms with E-state index in [4.69, 9.17) is 14.2 Å². The minimum Gasteiger partial charge on any atom is -0.464 e. The minimum absolute atomic E-state index is 0.129. The second kappa shape index (κ2) is 7.38. The van der Waals surface area contributed by atoms with Crippen molar-refractivity contribution in [3.05, 3.63) is 17.2 Å². The van der Waals surface area contributed by atoms with Crippen LogP contribution in [-0.4, -0.2) is 37.1 Å². The maximum atomic E-state index is 5.92. The van der Waals surface area contributed by atoms with Crippen LogP contribution in [0.5, 0.6) is 5.75 Å². The fourth-order valence-electron chi connectivity index (χ4n) is 2.02. The highest BCUT2D eigenvalue weighted by molar-refractivity contribution is 5.40. The molecule has 0 radical (unpaired) electrons. The summed E-state index contributed by atoms with van der Waals surface area (Å²) < 4.78 is 16.3. The molecule has 0 aromatic carbocycles. The van der Waals surface area contributed by atoms with E-state index >= 15 is 0 Å². The predicted octanol–water partition coefficient (Wildman–Crippen LogP) is 3.38. The van der Waals surface area contributed by atoms with E-state index in [2.05, 4.69) is 51.5 Å². The lowest BCUT2D eigenvalue weighted by molar-refractivity contribution is -0.0104. The van der Waals surface area contributed by atoms with Crippen molar-refractivity contribution in [3.8, 4) is 5.75 Å². The SMILES string of the molecule is COCCOCOc1c(C(C)(C)C)nc(C)nc1C(C)(C)C. The highest BCUT2D eigenvalue weighted by Crippen LogP contribution is 2.37. The molecule has 1 heterocycles. The number of hydrogen-bond donors (Lipinski definition) is 0. The molecule has 0 unspecified atom stereocenters. The third kappa shape index (κ3) is 5.21. The van der Waals surface area contributed by atoms with E-state index in [1.807, 2.05) is 6.92 Å². The van der Waals surface area contributed by atoms with Crippen molar-refractivity contribution in [1.29, 1.82) is 0 Å². The van der Waals surface area contributed by atoms with Crippen molar-refractivity contribution < 1.29 is 14.2 Å². The van der Waals surface area contributed by atoms with Crippen molar-refractivity contribution in [2.45, 2.75) is 59.3 Å². The molecule has 0 bridgehead atoms. The minimum atomic E-state index is -0.129. The van der Waals surface area contributed by atoms with Crippen molar-refractivity contribution in [1.82, 2.24) is 9.97 Å². The average Bonchev–Trinajstić information content (AvgIpc) is 2.37. The van der Waals surface area contributed by atoms with Gasteiger partial charge in [-0.1, -0.05) is 41.5 Å². The van der Waals surface area contributed by atoms with Gasteiger partial charge in [-0.05, 0) is 6.92 Å². The lowest BCUT2D eigenvalue weighted by Crippen LogP contribution is -2.24. The van der Waals surface area contributed by atoms with E-state index in [0.717, 1.165) is 23.0 Å². The zero-order valence-electron chi connectivity index (χ0n) is 15.2. The molecule has 1 aromatic heterocycles. The first-order chi connectivity index (χ1) is 10.1. The highest BCUT2D eigenvalue weighted by atomic mass is 16.7. The molecule has 0 N–H and O–H groups in total. The average molecular weight is 310 g/mol. The maximum Gasteiger partial charge on any atom is 0.189 e. The van der Waals surface area contributed by atoms with Crippen molar-refractivity contribution in [2.24, 2.45) is 0 Å². The van der Waals surface area contributed by atoms with Gasteiger partial charge in [0.2, 0.25) is 0 Å². The summed E-state index contributed by atoms with van der Waals surface area (Å²) in [7, 11) is 1.65. The molecule has 5 heteroatoms. The molecule has 0 amide bonds. The van der Waals surface area contributed by atoms with Gasteiger partial charge in [0, 0.05) is 17.9 Å². The summed E-state index contributed by atoms with van der Waals surface area (Å²) >= 11 is 0. The number of hydrogen-bond acceptors (Lipinski definition) is 5. The van der Waals surface area contributed by atoms with Crippen LogP contribution in [0.1, 0.15) is 58.8 Å². The molecule has 0 fully saturated rings. The van der Waals surface area contributed by atoms with Gasteiger partial charge in [-0.2, -0.15) is 0 Å². The number of nitrogens with zero attached hydrogens (tertiary/aromatic N) is 2. The van der Waals surface area contributed by atoms with E-state index < -0.39 is 0 Å². The van der Waals surface area contributed by atoms with Gasteiger partial charge in [-0.3, -0.25) is 0 Å². The van der Waals surface area contributed by atoms with Gasteiger partial charge in [0.15, 0.2) is 12.5 Å². The largest absolute Gasteiger partial charge is 0.464 e. The molecule has 0 atom stereocenters. The third-order valence-electron chi connectivity index (χ3n) is 3.12. The molecule has 1 aromatic rings. The normalized spacial score (nSPS) is 12.5. The quantitative estimate of drug-likeness (QED) is 0.595. The summed E-state index contributed by atoms with van der Waals surface area (Å²) in [5.41, 5.74) is 1.58. The monoisotopic (exact) mass is 310 g/mol. The Labute approximate surface area is 134 Å². The third-order valence-corrected chi connectivity index (χ3v) is 3.12. The van der Waals surface area contributed by atoms with Crippen LogP contribution in [0.3, 0.4) is 0 Å². The van der Waals surface area contributed by atoms with Crippen molar-refractivity contribution in [3.63, 3.8) is 0 Å². The van der Waals surface area contributed by atoms with Crippen LogP contribution < -0.4 is 4.74 Å². The van der Waals surface area contributed by atoms with Crippen LogP contribution >= 0.6 is 0 Å². The second-order valence-corrected chi connectivity index (χ2v) is 7.46. The number of ether oxygens (including phenoxy) is 3. The Balaban J connectivity index is 3.14. The Bertz CT molecular complexity index is 453. The lowest BCUT2D eigenvalue weighted by Gasteiger charge is -2.28. The van der Waals surface area contributed by atoms with Crippen molar-refractivity contribution in [2.75, 3.05) is 27.1 Å². The standard InChI is InChI=1S/C17H30N2O3/c1-12-18-14(16(2,3)4)13(15(19-12)17(5,6)7)22-11-21-10-9-20-8/h9-11H2,1-8H3. The summed E-state index contributed by atoms with van der Waals surface area (Å²) in [5.74, 6) is 1.51. The van der Waals surface area contributed by atoms with Crippen molar-refractivity contribution >= 4 is 0 Å². The maximum absolute atomic E-state index is 5.92. The molecule has 0 saturated heterocycles. The topological polar surface area (TPSA) is 53.5 Å². The Morgan fingerprint density at radius 1 is 0.864 bits per heavy atom. The fourth-order valence-corrected chi connectivity index (χ4v) is 2.02.